The number of rotatable bonds is 6. The van der Waals surface area contributed by atoms with E-state index in [9.17, 15) is 18.0 Å². The second kappa shape index (κ2) is 10.8. The second-order valence-electron chi connectivity index (χ2n) is 12.9. The highest BCUT2D eigenvalue weighted by Crippen LogP contribution is 2.47. The van der Waals surface area contributed by atoms with Crippen LogP contribution in [0.15, 0.2) is 23.3 Å². The summed E-state index contributed by atoms with van der Waals surface area (Å²) in [6.07, 6.45) is 8.32. The summed E-state index contributed by atoms with van der Waals surface area (Å²) in [5.74, 6) is 2.11. The van der Waals surface area contributed by atoms with E-state index < -0.39 is 11.7 Å². The molecule has 7 nitrogen and oxygen atoms in total. The van der Waals surface area contributed by atoms with Crippen molar-refractivity contribution in [3.8, 4) is 0 Å². The number of nitrogens with zero attached hydrogens (tertiary/aromatic N) is 3. The number of alkyl halides is 3. The van der Waals surface area contributed by atoms with Crippen molar-refractivity contribution in [2.45, 2.75) is 102 Å². The number of fused-ring (bicyclic) bond motifs is 1. The van der Waals surface area contributed by atoms with Crippen molar-refractivity contribution in [2.24, 2.45) is 23.7 Å². The zero-order valence-corrected chi connectivity index (χ0v) is 23.1. The van der Waals surface area contributed by atoms with Crippen LogP contribution in [0.5, 0.6) is 0 Å². The molecule has 0 bridgehead atoms. The molecule has 6 rings (SSSR count). The molecule has 4 heterocycles. The molecule has 2 aliphatic carbocycles. The molecule has 2 saturated heterocycles. The minimum absolute atomic E-state index is 0.0274. The van der Waals surface area contributed by atoms with E-state index in [-0.39, 0.29) is 17.2 Å². The molecule has 216 valence electrons. The Morgan fingerprint density at radius 1 is 1.00 bits per heavy atom. The van der Waals surface area contributed by atoms with Gasteiger partial charge in [0.2, 0.25) is 0 Å². The van der Waals surface area contributed by atoms with Gasteiger partial charge in [-0.25, -0.2) is 15.6 Å². The van der Waals surface area contributed by atoms with Gasteiger partial charge >= 0.3 is 11.9 Å². The van der Waals surface area contributed by atoms with Crippen LogP contribution in [-0.2, 0) is 12.7 Å². The Hall–Kier alpha value is -1.88. The maximum absolute atomic E-state index is 14.3. The summed E-state index contributed by atoms with van der Waals surface area (Å²) in [5, 5.41) is 0. The second-order valence-corrected chi connectivity index (χ2v) is 12.9. The number of likely N-dealkylation sites (tertiary alicyclic amines) is 1. The topological polar surface area (TPSA) is 65.7 Å². The van der Waals surface area contributed by atoms with Gasteiger partial charge in [0.15, 0.2) is 0 Å². The van der Waals surface area contributed by atoms with E-state index in [2.05, 4.69) is 35.1 Å². The minimum atomic E-state index is -4.52. The van der Waals surface area contributed by atoms with Crippen molar-refractivity contribution in [3.05, 3.63) is 40.1 Å². The number of hydrazine groups is 2. The normalized spacial score (nSPS) is 32.0. The monoisotopic (exact) mass is 548 g/mol. The number of imidazole rings is 1. The third-order valence-corrected chi connectivity index (χ3v) is 10.1. The summed E-state index contributed by atoms with van der Waals surface area (Å²) in [6, 6.07) is 1.79. The van der Waals surface area contributed by atoms with E-state index in [4.69, 9.17) is 0 Å². The predicted octanol–water partition coefficient (Wildman–Crippen LogP) is 4.87. The molecule has 0 spiro atoms. The van der Waals surface area contributed by atoms with Gasteiger partial charge < -0.3 is 0 Å². The van der Waals surface area contributed by atoms with E-state index >= 15 is 0 Å². The zero-order chi connectivity index (χ0) is 27.3. The van der Waals surface area contributed by atoms with Crippen molar-refractivity contribution in [2.75, 3.05) is 13.1 Å². The number of hydrogen-bond acceptors (Lipinski definition) is 5. The van der Waals surface area contributed by atoms with Crippen LogP contribution in [0.4, 0.5) is 13.2 Å². The zero-order valence-electron chi connectivity index (χ0n) is 23.1. The molecular weight excluding hydrogens is 505 g/mol. The van der Waals surface area contributed by atoms with E-state index in [1.807, 2.05) is 0 Å². The third-order valence-electron chi connectivity index (χ3n) is 10.1. The first-order valence-electron chi connectivity index (χ1n) is 15.0. The van der Waals surface area contributed by atoms with Gasteiger partial charge in [0.1, 0.15) is 0 Å². The molecule has 3 N–H and O–H groups in total. The van der Waals surface area contributed by atoms with Gasteiger partial charge in [0.25, 0.3) is 0 Å². The smallest absolute Gasteiger partial charge is 0.299 e. The first-order chi connectivity index (χ1) is 18.7. The van der Waals surface area contributed by atoms with Crippen LogP contribution in [-0.4, -0.2) is 39.0 Å². The lowest BCUT2D eigenvalue weighted by atomic mass is 9.63. The Kier molecular flexibility index (Phi) is 7.58. The Morgan fingerprint density at radius 3 is 2.44 bits per heavy atom. The molecule has 0 amide bonds. The van der Waals surface area contributed by atoms with Gasteiger partial charge in [-0.1, -0.05) is 32.6 Å². The fraction of sp³-hybridized carbons (Fsp3) is 0.759. The summed E-state index contributed by atoms with van der Waals surface area (Å²) < 4.78 is 45.7. The molecule has 2 aromatic heterocycles. The fourth-order valence-corrected chi connectivity index (χ4v) is 8.01. The maximum Gasteiger partial charge on any atom is 0.418 e. The molecule has 2 saturated carbocycles. The van der Waals surface area contributed by atoms with Gasteiger partial charge in [0.05, 0.1) is 11.1 Å². The number of hydrogen-bond donors (Lipinski definition) is 3. The molecular formula is C29H43F3N6O. The summed E-state index contributed by atoms with van der Waals surface area (Å²) >= 11 is 0. The number of pyridine rings is 1. The quantitative estimate of drug-likeness (QED) is 0.481. The van der Waals surface area contributed by atoms with Crippen LogP contribution in [0.2, 0.25) is 0 Å². The van der Waals surface area contributed by atoms with E-state index in [0.29, 0.717) is 47.9 Å². The largest absolute Gasteiger partial charge is 0.418 e. The SMILES string of the molecule is CC1NNNC1C(C1CCC1)[C@H]1CCCC(n2cc3c(C(F)(F)F)cc(CN4CCC[C@H](C)C4)cn3c2=O)C1. The highest BCUT2D eigenvalue weighted by atomic mass is 19.4. The summed E-state index contributed by atoms with van der Waals surface area (Å²) in [6.45, 7) is 6.56. The Labute approximate surface area is 228 Å². The van der Waals surface area contributed by atoms with Crippen molar-refractivity contribution in [3.63, 3.8) is 0 Å². The van der Waals surface area contributed by atoms with Gasteiger partial charge in [-0.3, -0.25) is 13.9 Å². The predicted molar refractivity (Wildman–Crippen MR) is 145 cm³/mol. The van der Waals surface area contributed by atoms with Crippen LogP contribution in [0, 0.1) is 23.7 Å². The van der Waals surface area contributed by atoms with Crippen molar-refractivity contribution in [1.82, 2.24) is 30.3 Å². The van der Waals surface area contributed by atoms with E-state index in [1.54, 1.807) is 10.8 Å². The van der Waals surface area contributed by atoms with Gasteiger partial charge in [-0.15, -0.1) is 0 Å². The number of halogens is 3. The average Bonchev–Trinajstić information content (AvgIpc) is 3.43. The van der Waals surface area contributed by atoms with Crippen molar-refractivity contribution < 1.29 is 13.2 Å². The van der Waals surface area contributed by atoms with Crippen LogP contribution < -0.4 is 22.1 Å². The molecule has 2 aromatic rings. The number of aromatic nitrogens is 2. The highest BCUT2D eigenvalue weighted by molar-refractivity contribution is 5.56. The average molecular weight is 549 g/mol. The Balaban J connectivity index is 1.31. The minimum Gasteiger partial charge on any atom is -0.299 e. The molecule has 2 aliphatic heterocycles. The molecule has 4 fully saturated rings. The van der Waals surface area contributed by atoms with Crippen LogP contribution in [0.25, 0.3) is 5.52 Å². The summed E-state index contributed by atoms with van der Waals surface area (Å²) in [5.41, 5.74) is 9.31. The van der Waals surface area contributed by atoms with Crippen LogP contribution >= 0.6 is 0 Å². The number of piperidine rings is 1. The lowest BCUT2D eigenvalue weighted by Crippen LogP contribution is -2.48. The molecule has 6 atom stereocenters. The van der Waals surface area contributed by atoms with Gasteiger partial charge in [-0.05, 0) is 80.9 Å². The standard InChI is InChI=1S/C29H43F3N6O/c1-18-6-5-11-36(14-18)15-20-12-24(29(30,31)32)25-17-37(28(39)38(25)16-20)23-10-4-9-22(13-23)26(21-7-3-8-21)27-19(2)33-35-34-27/h12,16-19,21-23,26-27,33-35H,3-11,13-15H2,1-2H3/t18-,19?,22-,23?,26?,27?/m0/s1. The van der Waals surface area contributed by atoms with Crippen molar-refractivity contribution in [1.29, 1.82) is 0 Å². The fourth-order valence-electron chi connectivity index (χ4n) is 8.01. The first-order valence-corrected chi connectivity index (χ1v) is 15.0. The number of nitrogens with one attached hydrogen (secondary N) is 3. The molecule has 4 aliphatic rings. The van der Waals surface area contributed by atoms with Crippen molar-refractivity contribution >= 4 is 5.52 Å². The molecule has 0 radical (unpaired) electrons. The van der Waals surface area contributed by atoms with Gasteiger partial charge in [-0.2, -0.15) is 18.7 Å². The van der Waals surface area contributed by atoms with E-state index in [1.165, 1.54) is 35.9 Å². The highest BCUT2D eigenvalue weighted by Gasteiger charge is 2.44. The maximum atomic E-state index is 14.3. The Bertz CT molecular complexity index is 1220. The lowest BCUT2D eigenvalue weighted by molar-refractivity contribution is -0.136. The van der Waals surface area contributed by atoms with Crippen LogP contribution in [0.1, 0.15) is 88.8 Å². The van der Waals surface area contributed by atoms with Crippen LogP contribution in [0.3, 0.4) is 0 Å². The third kappa shape index (κ3) is 5.42. The molecule has 39 heavy (non-hydrogen) atoms. The molecule has 10 heteroatoms. The van der Waals surface area contributed by atoms with E-state index in [0.717, 1.165) is 51.6 Å². The first kappa shape index (κ1) is 27.3. The summed E-state index contributed by atoms with van der Waals surface area (Å²) in [4.78, 5) is 15.9. The van der Waals surface area contributed by atoms with Gasteiger partial charge in [0, 0.05) is 43.6 Å². The molecule has 0 aromatic carbocycles. The Morgan fingerprint density at radius 2 is 1.77 bits per heavy atom. The summed E-state index contributed by atoms with van der Waals surface area (Å²) in [7, 11) is 0. The lowest BCUT2D eigenvalue weighted by Gasteiger charge is -2.45. The molecule has 4 unspecified atom stereocenters.